The predicted molar refractivity (Wildman–Crippen MR) is 69.7 cm³/mol. The Balaban J connectivity index is 2.49. The van der Waals surface area contributed by atoms with Gasteiger partial charge in [-0.15, -0.1) is 0 Å². The summed E-state index contributed by atoms with van der Waals surface area (Å²) in [5.74, 6) is -0.901. The predicted octanol–water partition coefficient (Wildman–Crippen LogP) is 0.116. The monoisotopic (exact) mass is 292 g/mol. The third kappa shape index (κ3) is 5.91. The van der Waals surface area contributed by atoms with E-state index in [1.165, 1.54) is 0 Å². The molecule has 1 aliphatic rings. The fourth-order valence-corrected chi connectivity index (χ4v) is 3.72. The van der Waals surface area contributed by atoms with E-state index in [9.17, 15) is 18.0 Å². The maximum atomic E-state index is 11.7. The number of hydrogen-bond acceptors (Lipinski definition) is 4. The topological polar surface area (TPSA) is 113 Å². The van der Waals surface area contributed by atoms with E-state index >= 15 is 0 Å². The van der Waals surface area contributed by atoms with Gasteiger partial charge in [-0.3, -0.25) is 4.79 Å². The lowest BCUT2D eigenvalue weighted by molar-refractivity contribution is -0.138. The maximum absolute atomic E-state index is 11.7. The molecule has 1 fully saturated rings. The van der Waals surface area contributed by atoms with Crippen molar-refractivity contribution < 1.29 is 23.1 Å². The first-order chi connectivity index (χ1) is 8.60. The van der Waals surface area contributed by atoms with E-state index in [4.69, 9.17) is 5.11 Å². The molecule has 0 aromatic rings. The minimum absolute atomic E-state index is 0.0558. The Morgan fingerprint density at radius 1 is 1.37 bits per heavy atom. The van der Waals surface area contributed by atoms with E-state index in [2.05, 4.69) is 10.6 Å². The molecular formula is C11H20N2O5S. The first-order valence-corrected chi connectivity index (χ1v) is 7.93. The Hall–Kier alpha value is -1.31. The molecule has 110 valence electrons. The van der Waals surface area contributed by atoms with Gasteiger partial charge in [-0.25, -0.2) is 13.2 Å². The van der Waals surface area contributed by atoms with Crippen LogP contribution in [-0.2, 0) is 14.6 Å². The molecule has 0 saturated carbocycles. The number of sulfone groups is 1. The van der Waals surface area contributed by atoms with Gasteiger partial charge < -0.3 is 15.7 Å². The summed E-state index contributed by atoms with van der Waals surface area (Å²) in [5, 5.41) is 13.8. The zero-order valence-electron chi connectivity index (χ0n) is 11.1. The van der Waals surface area contributed by atoms with Crippen molar-refractivity contribution in [2.45, 2.75) is 44.7 Å². The highest BCUT2D eigenvalue weighted by Crippen LogP contribution is 2.12. The van der Waals surface area contributed by atoms with E-state index in [0.717, 1.165) is 0 Å². The second-order valence-electron chi connectivity index (χ2n) is 5.51. The zero-order valence-corrected chi connectivity index (χ0v) is 11.9. The minimum Gasteiger partial charge on any atom is -0.481 e. The molecule has 1 rings (SSSR count). The summed E-state index contributed by atoms with van der Waals surface area (Å²) in [5.41, 5.74) is -0.885. The van der Waals surface area contributed by atoms with Crippen molar-refractivity contribution in [1.29, 1.82) is 0 Å². The summed E-state index contributed by atoms with van der Waals surface area (Å²) >= 11 is 0. The van der Waals surface area contributed by atoms with Gasteiger partial charge in [0.05, 0.1) is 17.9 Å². The van der Waals surface area contributed by atoms with E-state index in [1.807, 2.05) is 0 Å². The molecule has 0 radical (unpaired) electrons. The van der Waals surface area contributed by atoms with Crippen LogP contribution in [0, 0.1) is 0 Å². The van der Waals surface area contributed by atoms with Crippen LogP contribution < -0.4 is 10.6 Å². The molecule has 19 heavy (non-hydrogen) atoms. The molecule has 1 unspecified atom stereocenters. The molecule has 0 aromatic heterocycles. The van der Waals surface area contributed by atoms with E-state index in [1.54, 1.807) is 13.8 Å². The lowest BCUT2D eigenvalue weighted by atomic mass is 10.0. The Morgan fingerprint density at radius 2 is 2.00 bits per heavy atom. The van der Waals surface area contributed by atoms with E-state index < -0.39 is 33.4 Å². The number of aliphatic carboxylic acids is 1. The van der Waals surface area contributed by atoms with Crippen LogP contribution in [0.3, 0.4) is 0 Å². The van der Waals surface area contributed by atoms with Crippen LogP contribution in [0.15, 0.2) is 0 Å². The highest BCUT2D eigenvalue weighted by atomic mass is 32.2. The number of carboxylic acids is 1. The third-order valence-electron chi connectivity index (χ3n) is 2.84. The largest absolute Gasteiger partial charge is 0.481 e. The van der Waals surface area contributed by atoms with Gasteiger partial charge in [0.25, 0.3) is 0 Å². The minimum atomic E-state index is -3.08. The SMILES string of the molecule is CC(C)(CC(=O)O)NC(=O)NC1CCCS(=O)(=O)C1. The van der Waals surface area contributed by atoms with Crippen molar-refractivity contribution in [3.63, 3.8) is 0 Å². The van der Waals surface area contributed by atoms with Crippen molar-refractivity contribution in [2.24, 2.45) is 0 Å². The summed E-state index contributed by atoms with van der Waals surface area (Å²) < 4.78 is 22.8. The van der Waals surface area contributed by atoms with Crippen molar-refractivity contribution in [2.75, 3.05) is 11.5 Å². The van der Waals surface area contributed by atoms with Crippen LogP contribution in [-0.4, -0.2) is 48.6 Å². The van der Waals surface area contributed by atoms with Gasteiger partial charge in [0.2, 0.25) is 0 Å². The van der Waals surface area contributed by atoms with Gasteiger partial charge in [-0.1, -0.05) is 0 Å². The fraction of sp³-hybridized carbons (Fsp3) is 0.818. The smallest absolute Gasteiger partial charge is 0.315 e. The second kappa shape index (κ2) is 5.77. The molecule has 0 spiro atoms. The van der Waals surface area contributed by atoms with E-state index in [-0.39, 0.29) is 17.9 Å². The maximum Gasteiger partial charge on any atom is 0.315 e. The van der Waals surface area contributed by atoms with Crippen LogP contribution in [0.4, 0.5) is 4.79 Å². The molecule has 0 aromatic carbocycles. The van der Waals surface area contributed by atoms with Gasteiger partial charge in [0.1, 0.15) is 0 Å². The number of nitrogens with one attached hydrogen (secondary N) is 2. The first kappa shape index (κ1) is 15.7. The molecule has 3 N–H and O–H groups in total. The number of urea groups is 1. The van der Waals surface area contributed by atoms with Crippen LogP contribution in [0.2, 0.25) is 0 Å². The molecule has 1 aliphatic heterocycles. The standard InChI is InChI=1S/C11H20N2O5S/c1-11(2,6-9(14)15)13-10(16)12-8-4-3-5-19(17,18)7-8/h8H,3-7H2,1-2H3,(H,14,15)(H2,12,13,16). The Bertz CT molecular complexity index is 458. The van der Waals surface area contributed by atoms with Crippen molar-refractivity contribution in [1.82, 2.24) is 10.6 Å². The number of hydrogen-bond donors (Lipinski definition) is 3. The van der Waals surface area contributed by atoms with E-state index in [0.29, 0.717) is 12.8 Å². The molecule has 8 heteroatoms. The highest BCUT2D eigenvalue weighted by molar-refractivity contribution is 7.91. The lowest BCUT2D eigenvalue weighted by Crippen LogP contribution is -2.53. The van der Waals surface area contributed by atoms with Gasteiger partial charge in [0, 0.05) is 11.6 Å². The van der Waals surface area contributed by atoms with Crippen molar-refractivity contribution in [3.8, 4) is 0 Å². The molecular weight excluding hydrogens is 272 g/mol. The van der Waals surface area contributed by atoms with Gasteiger partial charge >= 0.3 is 12.0 Å². The van der Waals surface area contributed by atoms with Crippen LogP contribution in [0.5, 0.6) is 0 Å². The van der Waals surface area contributed by atoms with Crippen LogP contribution >= 0.6 is 0 Å². The van der Waals surface area contributed by atoms with Gasteiger partial charge in [-0.2, -0.15) is 0 Å². The summed E-state index contributed by atoms with van der Waals surface area (Å²) in [6.07, 6.45) is 0.946. The lowest BCUT2D eigenvalue weighted by Gasteiger charge is -2.28. The average Bonchev–Trinajstić information content (AvgIpc) is 2.11. The first-order valence-electron chi connectivity index (χ1n) is 6.10. The Labute approximate surface area is 112 Å². The molecule has 0 bridgehead atoms. The highest BCUT2D eigenvalue weighted by Gasteiger charge is 2.28. The summed E-state index contributed by atoms with van der Waals surface area (Å²) in [6, 6.07) is -0.937. The molecule has 1 heterocycles. The summed E-state index contributed by atoms with van der Waals surface area (Å²) in [4.78, 5) is 22.3. The average molecular weight is 292 g/mol. The third-order valence-corrected chi connectivity index (χ3v) is 4.66. The summed E-state index contributed by atoms with van der Waals surface area (Å²) in [7, 11) is -3.08. The number of rotatable bonds is 4. The Kier molecular flexibility index (Phi) is 4.78. The molecule has 1 atom stereocenters. The summed E-state index contributed by atoms with van der Waals surface area (Å²) in [6.45, 7) is 3.19. The van der Waals surface area contributed by atoms with Gasteiger partial charge in [-0.05, 0) is 26.7 Å². The zero-order chi connectivity index (χ0) is 14.7. The molecule has 0 aliphatic carbocycles. The number of carboxylic acid groups (broad SMARTS) is 1. The fourth-order valence-electron chi connectivity index (χ4n) is 2.09. The van der Waals surface area contributed by atoms with Crippen LogP contribution in [0.1, 0.15) is 33.1 Å². The van der Waals surface area contributed by atoms with Crippen LogP contribution in [0.25, 0.3) is 0 Å². The second-order valence-corrected chi connectivity index (χ2v) is 7.74. The van der Waals surface area contributed by atoms with Gasteiger partial charge in [0.15, 0.2) is 9.84 Å². The van der Waals surface area contributed by atoms with Crippen molar-refractivity contribution >= 4 is 21.8 Å². The number of amides is 2. The quantitative estimate of drug-likeness (QED) is 0.681. The van der Waals surface area contributed by atoms with Crippen molar-refractivity contribution in [3.05, 3.63) is 0 Å². The number of carbonyl (C=O) groups is 2. The molecule has 1 saturated heterocycles. The molecule has 7 nitrogen and oxygen atoms in total. The normalized spacial score (nSPS) is 22.5. The Morgan fingerprint density at radius 3 is 2.53 bits per heavy atom. The molecule has 2 amide bonds. The number of carbonyl (C=O) groups excluding carboxylic acids is 1.